The number of rotatable bonds is 8. The van der Waals surface area contributed by atoms with Crippen LogP contribution in [-0.2, 0) is 11.3 Å². The fraction of sp³-hybridized carbons (Fsp3) is 0.286. The van der Waals surface area contributed by atoms with E-state index < -0.39 is 0 Å². The van der Waals surface area contributed by atoms with Crippen LogP contribution in [0, 0.1) is 0 Å². The molecule has 1 aromatic heterocycles. The minimum absolute atomic E-state index is 0.0199. The number of carbonyl (C=O) groups excluding carboxylic acids is 1. The highest BCUT2D eigenvalue weighted by molar-refractivity contribution is 8.00. The number of fused-ring (bicyclic) bond motifs is 1. The lowest BCUT2D eigenvalue weighted by molar-refractivity contribution is 0.0994. The summed E-state index contributed by atoms with van der Waals surface area (Å²) in [6, 6.07) is 16.5. The van der Waals surface area contributed by atoms with E-state index in [-0.39, 0.29) is 16.6 Å². The standard InChI is InChI=1S/C21H22N2O3S/c1-15(19(24)16-9-4-3-5-10-16)27-21-22-18-12-7-6-11-17(18)20(25)23(21)13-8-14-26-2/h3-7,9-12,15H,8,13-14H2,1-2H3. The number of methoxy groups -OCH3 is 1. The van der Waals surface area contributed by atoms with Crippen molar-refractivity contribution in [2.45, 2.75) is 30.3 Å². The molecule has 140 valence electrons. The van der Waals surface area contributed by atoms with Gasteiger partial charge in [0.2, 0.25) is 0 Å². The van der Waals surface area contributed by atoms with Crippen LogP contribution in [0.4, 0.5) is 0 Å². The molecule has 0 aliphatic rings. The van der Waals surface area contributed by atoms with Crippen LogP contribution in [0.2, 0.25) is 0 Å². The average Bonchev–Trinajstić information content (AvgIpc) is 2.70. The maximum absolute atomic E-state index is 12.9. The lowest BCUT2D eigenvalue weighted by Crippen LogP contribution is -2.25. The minimum atomic E-state index is -0.353. The summed E-state index contributed by atoms with van der Waals surface area (Å²) in [6.07, 6.45) is 0.699. The largest absolute Gasteiger partial charge is 0.385 e. The number of aromatic nitrogens is 2. The molecule has 3 rings (SSSR count). The van der Waals surface area contributed by atoms with E-state index in [1.54, 1.807) is 29.9 Å². The van der Waals surface area contributed by atoms with Gasteiger partial charge in [0.1, 0.15) is 0 Å². The molecule has 0 amide bonds. The summed E-state index contributed by atoms with van der Waals surface area (Å²) in [6.45, 7) is 2.90. The first-order valence-electron chi connectivity index (χ1n) is 8.86. The maximum atomic E-state index is 12.9. The Morgan fingerprint density at radius 3 is 2.59 bits per heavy atom. The molecule has 6 heteroatoms. The van der Waals surface area contributed by atoms with Gasteiger partial charge in [0.25, 0.3) is 5.56 Å². The minimum Gasteiger partial charge on any atom is -0.385 e. The molecule has 0 saturated heterocycles. The number of carbonyl (C=O) groups is 1. The molecule has 1 atom stereocenters. The van der Waals surface area contributed by atoms with Gasteiger partial charge in [0, 0.05) is 25.8 Å². The van der Waals surface area contributed by atoms with Crippen LogP contribution in [0.15, 0.2) is 64.5 Å². The van der Waals surface area contributed by atoms with E-state index in [1.807, 2.05) is 43.3 Å². The maximum Gasteiger partial charge on any atom is 0.262 e. The normalized spacial score (nSPS) is 12.2. The van der Waals surface area contributed by atoms with Gasteiger partial charge in [-0.25, -0.2) is 4.98 Å². The second-order valence-corrected chi connectivity index (χ2v) is 7.51. The summed E-state index contributed by atoms with van der Waals surface area (Å²) in [5.74, 6) is 0.0199. The molecule has 0 bridgehead atoms. The van der Waals surface area contributed by atoms with Crippen LogP contribution >= 0.6 is 11.8 Å². The predicted molar refractivity (Wildman–Crippen MR) is 109 cm³/mol. The summed E-state index contributed by atoms with van der Waals surface area (Å²) >= 11 is 1.32. The van der Waals surface area contributed by atoms with Gasteiger partial charge < -0.3 is 4.74 Å². The molecule has 0 aliphatic carbocycles. The van der Waals surface area contributed by atoms with Crippen molar-refractivity contribution < 1.29 is 9.53 Å². The lowest BCUT2D eigenvalue weighted by atomic mass is 10.1. The Hall–Kier alpha value is -2.44. The van der Waals surface area contributed by atoms with E-state index in [1.165, 1.54) is 11.8 Å². The van der Waals surface area contributed by atoms with E-state index in [2.05, 4.69) is 4.98 Å². The lowest BCUT2D eigenvalue weighted by Gasteiger charge is -2.16. The summed E-state index contributed by atoms with van der Waals surface area (Å²) in [4.78, 5) is 30.3. The third-order valence-corrected chi connectivity index (χ3v) is 5.36. The zero-order valence-electron chi connectivity index (χ0n) is 15.4. The highest BCUT2D eigenvalue weighted by Crippen LogP contribution is 2.25. The molecule has 0 N–H and O–H groups in total. The number of hydrogen-bond donors (Lipinski definition) is 0. The molecule has 0 fully saturated rings. The first-order chi connectivity index (χ1) is 13.1. The smallest absolute Gasteiger partial charge is 0.262 e. The van der Waals surface area contributed by atoms with Crippen LogP contribution in [0.25, 0.3) is 10.9 Å². The average molecular weight is 382 g/mol. The SMILES string of the molecule is COCCCn1c(SC(C)C(=O)c2ccccc2)nc2ccccc2c1=O. The van der Waals surface area contributed by atoms with Crippen LogP contribution in [0.3, 0.4) is 0 Å². The second kappa shape index (κ2) is 8.97. The molecule has 0 radical (unpaired) electrons. The molecular formula is C21H22N2O3S. The number of ketones is 1. The highest BCUT2D eigenvalue weighted by atomic mass is 32.2. The molecule has 1 unspecified atom stereocenters. The van der Waals surface area contributed by atoms with Crippen molar-refractivity contribution in [1.29, 1.82) is 0 Å². The first kappa shape index (κ1) is 19.3. The van der Waals surface area contributed by atoms with Crippen molar-refractivity contribution in [1.82, 2.24) is 9.55 Å². The number of benzene rings is 2. The number of thioether (sulfide) groups is 1. The molecule has 27 heavy (non-hydrogen) atoms. The van der Waals surface area contributed by atoms with Gasteiger partial charge in [-0.3, -0.25) is 14.2 Å². The zero-order valence-corrected chi connectivity index (χ0v) is 16.2. The van der Waals surface area contributed by atoms with Gasteiger partial charge in [-0.1, -0.05) is 54.2 Å². The number of para-hydroxylation sites is 1. The van der Waals surface area contributed by atoms with Crippen molar-refractivity contribution in [2.24, 2.45) is 0 Å². The van der Waals surface area contributed by atoms with Crippen LogP contribution < -0.4 is 5.56 Å². The van der Waals surface area contributed by atoms with Gasteiger partial charge in [0.05, 0.1) is 16.2 Å². The summed E-state index contributed by atoms with van der Waals surface area (Å²) in [5, 5.41) is 0.794. The van der Waals surface area contributed by atoms with E-state index in [0.29, 0.717) is 41.2 Å². The molecule has 5 nitrogen and oxygen atoms in total. The fourth-order valence-electron chi connectivity index (χ4n) is 2.85. The summed E-state index contributed by atoms with van der Waals surface area (Å²) in [5.41, 5.74) is 1.22. The van der Waals surface area contributed by atoms with Crippen LogP contribution in [0.5, 0.6) is 0 Å². The quantitative estimate of drug-likeness (QED) is 0.257. The molecule has 1 heterocycles. The molecular weight excluding hydrogens is 360 g/mol. The predicted octanol–water partition coefficient (Wildman–Crippen LogP) is 3.80. The Morgan fingerprint density at radius 1 is 1.15 bits per heavy atom. The van der Waals surface area contributed by atoms with Crippen molar-refractivity contribution >= 4 is 28.4 Å². The third-order valence-electron chi connectivity index (χ3n) is 4.27. The first-order valence-corrected chi connectivity index (χ1v) is 9.74. The Bertz CT molecular complexity index is 986. The van der Waals surface area contributed by atoms with E-state index in [0.717, 1.165) is 0 Å². The summed E-state index contributed by atoms with van der Waals surface area (Å²) < 4.78 is 6.76. The second-order valence-electron chi connectivity index (χ2n) is 6.21. The zero-order chi connectivity index (χ0) is 19.2. The van der Waals surface area contributed by atoms with Crippen LogP contribution in [0.1, 0.15) is 23.7 Å². The van der Waals surface area contributed by atoms with Crippen molar-refractivity contribution in [3.63, 3.8) is 0 Å². The van der Waals surface area contributed by atoms with Gasteiger partial charge in [-0.15, -0.1) is 0 Å². The molecule has 0 aliphatic heterocycles. The topological polar surface area (TPSA) is 61.2 Å². The fourth-order valence-corrected chi connectivity index (χ4v) is 3.86. The number of ether oxygens (including phenoxy) is 1. The highest BCUT2D eigenvalue weighted by Gasteiger charge is 2.20. The molecule has 0 saturated carbocycles. The van der Waals surface area contributed by atoms with Crippen molar-refractivity contribution in [3.8, 4) is 0 Å². The van der Waals surface area contributed by atoms with E-state index >= 15 is 0 Å². The van der Waals surface area contributed by atoms with Crippen LogP contribution in [-0.4, -0.2) is 34.3 Å². The van der Waals surface area contributed by atoms with Crippen molar-refractivity contribution in [3.05, 3.63) is 70.5 Å². The van der Waals surface area contributed by atoms with Gasteiger partial charge in [0.15, 0.2) is 10.9 Å². The van der Waals surface area contributed by atoms with Gasteiger partial charge >= 0.3 is 0 Å². The Labute approximate surface area is 162 Å². The Balaban J connectivity index is 1.95. The molecule has 2 aromatic carbocycles. The van der Waals surface area contributed by atoms with Crippen molar-refractivity contribution in [2.75, 3.05) is 13.7 Å². The Kier molecular flexibility index (Phi) is 6.42. The number of Topliss-reactive ketones (excluding diaryl/α,β-unsaturated/α-hetero) is 1. The number of nitrogens with zero attached hydrogens (tertiary/aromatic N) is 2. The van der Waals surface area contributed by atoms with E-state index in [9.17, 15) is 9.59 Å². The van der Waals surface area contributed by atoms with Gasteiger partial charge in [-0.2, -0.15) is 0 Å². The molecule has 3 aromatic rings. The molecule has 0 spiro atoms. The van der Waals surface area contributed by atoms with Gasteiger partial charge in [-0.05, 0) is 25.5 Å². The van der Waals surface area contributed by atoms with E-state index in [4.69, 9.17) is 4.74 Å². The summed E-state index contributed by atoms with van der Waals surface area (Å²) in [7, 11) is 1.64. The monoisotopic (exact) mass is 382 g/mol. The number of hydrogen-bond acceptors (Lipinski definition) is 5. The Morgan fingerprint density at radius 2 is 1.85 bits per heavy atom. The third kappa shape index (κ3) is 4.46.